The van der Waals surface area contributed by atoms with Crippen LogP contribution in [0.5, 0.6) is 0 Å². The molecule has 61 heavy (non-hydrogen) atoms. The molecule has 9 aromatic carbocycles. The van der Waals surface area contributed by atoms with Gasteiger partial charge in [-0.05, 0) is 125 Å². The largest absolute Gasteiger partial charge is 2.00 e. The molecule has 0 atom stereocenters. The maximum absolute atomic E-state index is 4.85. The smallest absolute Gasteiger partial charge is 0.252 e. The van der Waals surface area contributed by atoms with Gasteiger partial charge < -0.3 is 0 Å². The van der Waals surface area contributed by atoms with E-state index >= 15 is 0 Å². The topological polar surface area (TPSA) is 38.7 Å². The number of rotatable bonds is 0. The van der Waals surface area contributed by atoms with Crippen LogP contribution in [0.2, 0.25) is 0 Å². The number of hydrogen-bond donors (Lipinski definition) is 0. The number of fused-ring (bicyclic) bond motifs is 18. The van der Waals surface area contributed by atoms with Crippen LogP contribution in [0, 0.1) is 41.5 Å². The van der Waals surface area contributed by atoms with Gasteiger partial charge in [0.15, 0.2) is 0 Å². The van der Waals surface area contributed by atoms with E-state index in [0.717, 1.165) is 33.6 Å². The fraction of sp³-hybridized carbons (Fsp3) is 0.105. The number of pyridine rings is 3. The molecule has 12 rings (SSSR count). The summed E-state index contributed by atoms with van der Waals surface area (Å²) in [4.78, 5) is 14.6. The molecular formula is C57H45IrN3+2. The Labute approximate surface area is 369 Å². The molecule has 0 bridgehead atoms. The van der Waals surface area contributed by atoms with E-state index in [1.165, 1.54) is 97.5 Å². The molecule has 3 heterocycles. The van der Waals surface area contributed by atoms with Gasteiger partial charge in [0.2, 0.25) is 0 Å². The predicted octanol–water partition coefficient (Wildman–Crippen LogP) is 15.5. The molecular weight excluding hydrogens is 919 g/mol. The van der Waals surface area contributed by atoms with E-state index in [9.17, 15) is 0 Å². The van der Waals surface area contributed by atoms with Crippen LogP contribution in [-0.2, 0) is 20.1 Å². The molecule has 0 N–H and O–H groups in total. The van der Waals surface area contributed by atoms with Gasteiger partial charge in [-0.1, -0.05) is 146 Å². The Hall–Kier alpha value is -6.58. The summed E-state index contributed by atoms with van der Waals surface area (Å²) in [5.74, 6) is 0. The van der Waals surface area contributed by atoms with E-state index in [0.29, 0.717) is 0 Å². The Bertz CT molecular complexity index is 3060. The average Bonchev–Trinajstić information content (AvgIpc) is 3.29. The van der Waals surface area contributed by atoms with Gasteiger partial charge in [-0.2, -0.15) is 0 Å². The third-order valence-electron chi connectivity index (χ3n) is 12.5. The van der Waals surface area contributed by atoms with Crippen LogP contribution in [0.3, 0.4) is 0 Å². The second kappa shape index (κ2) is 16.1. The van der Waals surface area contributed by atoms with Gasteiger partial charge in [-0.25, -0.2) is 0 Å². The summed E-state index contributed by atoms with van der Waals surface area (Å²) in [6.07, 6.45) is 0. The molecule has 3 nitrogen and oxygen atoms in total. The molecule has 12 aromatic rings. The molecule has 0 saturated carbocycles. The van der Waals surface area contributed by atoms with Crippen LogP contribution in [-0.4, -0.2) is 15.0 Å². The fourth-order valence-corrected chi connectivity index (χ4v) is 8.98. The molecule has 0 fully saturated rings. The Balaban J connectivity index is 0.000000116. The van der Waals surface area contributed by atoms with Crippen LogP contribution < -0.4 is 0 Å². The molecule has 0 aliphatic heterocycles. The van der Waals surface area contributed by atoms with Crippen LogP contribution in [0.25, 0.3) is 97.3 Å². The summed E-state index contributed by atoms with van der Waals surface area (Å²) in [6.45, 7) is 12.6. The maximum Gasteiger partial charge on any atom is 2.00 e. The molecule has 0 aliphatic carbocycles. The van der Waals surface area contributed by atoms with E-state index in [-0.39, 0.29) is 20.1 Å². The number of benzene rings is 9. The summed E-state index contributed by atoms with van der Waals surface area (Å²) < 4.78 is 0. The SMILES string of the molecule is Cc1cc2c3ccccc3c3ccccc3c2nc1C.Cc1cc2c3ccccc3c3ccccc3c2nc1C.Cc1cc2c3ccccc3c3ccccc3c2nc1C.[Ir+2]. The van der Waals surface area contributed by atoms with Crippen LogP contribution >= 0.6 is 0 Å². The second-order valence-corrected chi connectivity index (χ2v) is 16.1. The van der Waals surface area contributed by atoms with Crippen molar-refractivity contribution in [3.63, 3.8) is 0 Å². The summed E-state index contributed by atoms with van der Waals surface area (Å²) in [5.41, 5.74) is 10.4. The van der Waals surface area contributed by atoms with Crippen molar-refractivity contribution in [2.45, 2.75) is 41.5 Å². The van der Waals surface area contributed by atoms with Crippen molar-refractivity contribution >= 4 is 97.3 Å². The van der Waals surface area contributed by atoms with Gasteiger partial charge in [0.05, 0.1) is 16.6 Å². The monoisotopic (exact) mass is 964 g/mol. The van der Waals surface area contributed by atoms with Crippen molar-refractivity contribution in [2.75, 3.05) is 0 Å². The fourth-order valence-electron chi connectivity index (χ4n) is 8.98. The Morgan fingerprint density at radius 2 is 0.393 bits per heavy atom. The molecule has 0 saturated heterocycles. The van der Waals surface area contributed by atoms with Crippen LogP contribution in [0.1, 0.15) is 33.8 Å². The molecule has 0 aliphatic rings. The summed E-state index contributed by atoms with van der Waals surface area (Å²) in [5, 5.41) is 19.1. The first-order valence-corrected chi connectivity index (χ1v) is 20.8. The Morgan fingerprint density at radius 3 is 0.607 bits per heavy atom. The second-order valence-electron chi connectivity index (χ2n) is 16.1. The number of nitrogens with zero attached hydrogens (tertiary/aromatic N) is 3. The average molecular weight is 964 g/mol. The van der Waals surface area contributed by atoms with Crippen molar-refractivity contribution in [3.05, 3.63) is 198 Å². The zero-order valence-electron chi connectivity index (χ0n) is 35.3. The zero-order valence-corrected chi connectivity index (χ0v) is 37.7. The van der Waals surface area contributed by atoms with Crippen molar-refractivity contribution in [3.8, 4) is 0 Å². The first kappa shape index (κ1) is 39.9. The summed E-state index contributed by atoms with van der Waals surface area (Å²) in [7, 11) is 0. The van der Waals surface area contributed by atoms with Gasteiger partial charge in [0, 0.05) is 49.4 Å². The standard InChI is InChI=1S/3C19H15N.Ir/c3*1-12-11-18-16-9-4-3-7-14(16)15-8-5-6-10-17(15)19(18)20-13(12)2;/h3*3-11H,1-2H3;/q;;;+2. The van der Waals surface area contributed by atoms with Crippen LogP contribution in [0.4, 0.5) is 0 Å². The molecule has 0 amide bonds. The zero-order chi connectivity index (χ0) is 41.1. The summed E-state index contributed by atoms with van der Waals surface area (Å²) in [6, 6.07) is 58.3. The first-order valence-electron chi connectivity index (χ1n) is 20.8. The van der Waals surface area contributed by atoms with Gasteiger partial charge in [0.1, 0.15) is 0 Å². The Kier molecular flexibility index (Phi) is 10.5. The van der Waals surface area contributed by atoms with E-state index in [1.54, 1.807) is 0 Å². The van der Waals surface area contributed by atoms with Gasteiger partial charge in [-0.3, -0.25) is 15.0 Å². The van der Waals surface area contributed by atoms with Crippen molar-refractivity contribution in [1.82, 2.24) is 15.0 Å². The normalized spacial score (nSPS) is 11.3. The van der Waals surface area contributed by atoms with Gasteiger partial charge in [-0.15, -0.1) is 0 Å². The molecule has 4 heteroatoms. The first-order chi connectivity index (χ1) is 29.3. The maximum atomic E-state index is 4.85. The van der Waals surface area contributed by atoms with Crippen molar-refractivity contribution in [2.24, 2.45) is 0 Å². The van der Waals surface area contributed by atoms with Crippen molar-refractivity contribution in [1.29, 1.82) is 0 Å². The predicted molar refractivity (Wildman–Crippen MR) is 259 cm³/mol. The number of aryl methyl sites for hydroxylation is 6. The van der Waals surface area contributed by atoms with E-state index in [2.05, 4.69) is 205 Å². The minimum atomic E-state index is 0. The molecule has 3 aromatic heterocycles. The minimum Gasteiger partial charge on any atom is -0.252 e. The van der Waals surface area contributed by atoms with E-state index < -0.39 is 0 Å². The van der Waals surface area contributed by atoms with E-state index in [1.807, 2.05) is 0 Å². The van der Waals surface area contributed by atoms with Gasteiger partial charge in [0.25, 0.3) is 0 Å². The molecule has 0 unspecified atom stereocenters. The summed E-state index contributed by atoms with van der Waals surface area (Å²) >= 11 is 0. The molecule has 0 spiro atoms. The third-order valence-corrected chi connectivity index (χ3v) is 12.5. The number of aromatic nitrogens is 3. The quantitative estimate of drug-likeness (QED) is 0.142. The number of hydrogen-bond acceptors (Lipinski definition) is 3. The van der Waals surface area contributed by atoms with E-state index in [4.69, 9.17) is 15.0 Å². The molecule has 1 radical (unpaired) electrons. The Morgan fingerprint density at radius 1 is 0.230 bits per heavy atom. The van der Waals surface area contributed by atoms with Gasteiger partial charge >= 0.3 is 20.1 Å². The third kappa shape index (κ3) is 6.87. The van der Waals surface area contributed by atoms with Crippen molar-refractivity contribution < 1.29 is 20.1 Å². The van der Waals surface area contributed by atoms with Crippen LogP contribution in [0.15, 0.2) is 164 Å². The minimum absolute atomic E-state index is 0. The molecule has 295 valence electrons.